The Bertz CT molecular complexity index is 1110. The van der Waals surface area contributed by atoms with Crippen LogP contribution in [0.25, 0.3) is 10.8 Å². The molecule has 2 amide bonds. The summed E-state index contributed by atoms with van der Waals surface area (Å²) >= 11 is 0. The molecule has 1 fully saturated rings. The summed E-state index contributed by atoms with van der Waals surface area (Å²) in [5.74, 6) is -0.711. The molecule has 0 radical (unpaired) electrons. The number of nitrogens with one attached hydrogen (secondary N) is 2. The summed E-state index contributed by atoms with van der Waals surface area (Å²) in [6.45, 7) is 4.06. The van der Waals surface area contributed by atoms with Crippen molar-refractivity contribution in [3.05, 3.63) is 90.1 Å². The highest BCUT2D eigenvalue weighted by Crippen LogP contribution is 2.40. The predicted molar refractivity (Wildman–Crippen MR) is 114 cm³/mol. The average Bonchev–Trinajstić information content (AvgIpc) is 2.76. The fourth-order valence-electron chi connectivity index (χ4n) is 3.80. The molecule has 0 bridgehead atoms. The molecule has 1 saturated heterocycles. The SMILES string of the molecule is C=C1NC(=O)NC(c2c(OC)ccc3ccccc23)C1C(=O)OCc1ccccc1. The van der Waals surface area contributed by atoms with Gasteiger partial charge in [0.2, 0.25) is 0 Å². The molecule has 6 heteroatoms. The van der Waals surface area contributed by atoms with Crippen molar-refractivity contribution in [3.8, 4) is 5.75 Å². The van der Waals surface area contributed by atoms with Gasteiger partial charge in [-0.3, -0.25) is 4.79 Å². The Kier molecular flexibility index (Phi) is 5.39. The highest BCUT2D eigenvalue weighted by Gasteiger charge is 2.41. The molecular weight excluding hydrogens is 380 g/mol. The summed E-state index contributed by atoms with van der Waals surface area (Å²) in [5.41, 5.74) is 1.88. The number of hydrogen-bond acceptors (Lipinski definition) is 4. The second-order valence-electron chi connectivity index (χ2n) is 7.07. The zero-order chi connectivity index (χ0) is 21.1. The number of urea groups is 1. The molecule has 2 N–H and O–H groups in total. The lowest BCUT2D eigenvalue weighted by Crippen LogP contribution is -2.51. The van der Waals surface area contributed by atoms with Gasteiger partial charge < -0.3 is 20.1 Å². The summed E-state index contributed by atoms with van der Waals surface area (Å²) in [5, 5.41) is 7.34. The Labute approximate surface area is 174 Å². The number of carbonyl (C=O) groups is 2. The van der Waals surface area contributed by atoms with Crippen LogP contribution in [0.4, 0.5) is 4.79 Å². The largest absolute Gasteiger partial charge is 0.496 e. The van der Waals surface area contributed by atoms with Crippen LogP contribution < -0.4 is 15.4 Å². The van der Waals surface area contributed by atoms with Gasteiger partial charge in [-0.2, -0.15) is 0 Å². The predicted octanol–water partition coefficient (Wildman–Crippen LogP) is 4.08. The molecule has 152 valence electrons. The van der Waals surface area contributed by atoms with E-state index < -0.39 is 24.0 Å². The maximum atomic E-state index is 13.1. The highest BCUT2D eigenvalue weighted by molar-refractivity contribution is 5.92. The van der Waals surface area contributed by atoms with Crippen LogP contribution in [-0.4, -0.2) is 19.1 Å². The molecular formula is C24H22N2O4. The van der Waals surface area contributed by atoms with E-state index in [0.717, 1.165) is 16.3 Å². The Morgan fingerprint density at radius 1 is 1.03 bits per heavy atom. The Hall–Kier alpha value is -3.80. The van der Waals surface area contributed by atoms with Crippen molar-refractivity contribution in [2.75, 3.05) is 7.11 Å². The van der Waals surface area contributed by atoms with Gasteiger partial charge >= 0.3 is 12.0 Å². The van der Waals surface area contributed by atoms with Crippen molar-refractivity contribution in [3.63, 3.8) is 0 Å². The summed E-state index contributed by atoms with van der Waals surface area (Å²) in [6, 6.07) is 19.9. The molecule has 6 nitrogen and oxygen atoms in total. The molecule has 1 aliphatic rings. The Morgan fingerprint density at radius 3 is 2.53 bits per heavy atom. The zero-order valence-corrected chi connectivity index (χ0v) is 16.6. The molecule has 4 rings (SSSR count). The van der Waals surface area contributed by atoms with Crippen LogP contribution in [-0.2, 0) is 16.1 Å². The molecule has 2 unspecified atom stereocenters. The maximum absolute atomic E-state index is 13.1. The average molecular weight is 402 g/mol. The van der Waals surface area contributed by atoms with E-state index in [1.165, 1.54) is 0 Å². The summed E-state index contributed by atoms with van der Waals surface area (Å²) in [7, 11) is 1.56. The van der Waals surface area contributed by atoms with E-state index >= 15 is 0 Å². The summed E-state index contributed by atoms with van der Waals surface area (Å²) < 4.78 is 11.2. The lowest BCUT2D eigenvalue weighted by atomic mass is 9.86. The third-order valence-electron chi connectivity index (χ3n) is 5.21. The first-order chi connectivity index (χ1) is 14.6. The lowest BCUT2D eigenvalue weighted by molar-refractivity contribution is -0.149. The number of carbonyl (C=O) groups excluding carboxylic acids is 2. The van der Waals surface area contributed by atoms with Crippen LogP contribution >= 0.6 is 0 Å². The molecule has 1 heterocycles. The molecule has 3 aromatic carbocycles. The molecule has 0 spiro atoms. The fourth-order valence-corrected chi connectivity index (χ4v) is 3.80. The molecule has 0 aromatic heterocycles. The molecule has 30 heavy (non-hydrogen) atoms. The standard InChI is InChI=1S/C24H22N2O4/c1-15-20(23(27)30-14-16-8-4-3-5-9-16)22(26-24(28)25-15)21-18-11-7-6-10-17(18)12-13-19(21)29-2/h3-13,20,22H,1,14H2,2H3,(H2,25,26,28). The summed E-state index contributed by atoms with van der Waals surface area (Å²) in [4.78, 5) is 25.4. The van der Waals surface area contributed by atoms with Gasteiger partial charge in [0.1, 0.15) is 18.3 Å². The smallest absolute Gasteiger partial charge is 0.319 e. The van der Waals surface area contributed by atoms with Crippen LogP contribution in [0.3, 0.4) is 0 Å². The van der Waals surface area contributed by atoms with E-state index in [4.69, 9.17) is 9.47 Å². The van der Waals surface area contributed by atoms with Crippen LogP contribution in [0.2, 0.25) is 0 Å². The number of hydrogen-bond donors (Lipinski definition) is 2. The number of ether oxygens (including phenoxy) is 2. The van der Waals surface area contributed by atoms with Gasteiger partial charge in [0.05, 0.1) is 13.2 Å². The van der Waals surface area contributed by atoms with Crippen LogP contribution in [0.15, 0.2) is 79.0 Å². The summed E-state index contributed by atoms with van der Waals surface area (Å²) in [6.07, 6.45) is 0. The molecule has 1 aliphatic heterocycles. The van der Waals surface area contributed by atoms with Gasteiger partial charge in [-0.25, -0.2) is 4.79 Å². The number of esters is 1. The van der Waals surface area contributed by atoms with Gasteiger partial charge in [-0.15, -0.1) is 0 Å². The molecule has 0 saturated carbocycles. The van der Waals surface area contributed by atoms with Gasteiger partial charge in [0.25, 0.3) is 0 Å². The van der Waals surface area contributed by atoms with Crippen LogP contribution in [0.1, 0.15) is 17.2 Å². The highest BCUT2D eigenvalue weighted by atomic mass is 16.5. The lowest BCUT2D eigenvalue weighted by Gasteiger charge is -2.34. The minimum absolute atomic E-state index is 0.136. The fraction of sp³-hybridized carbons (Fsp3) is 0.167. The second-order valence-corrected chi connectivity index (χ2v) is 7.07. The van der Waals surface area contributed by atoms with Crippen LogP contribution in [0.5, 0.6) is 5.75 Å². The quantitative estimate of drug-likeness (QED) is 0.631. The van der Waals surface area contributed by atoms with Gasteiger partial charge in [0.15, 0.2) is 0 Å². The normalized spacial score (nSPS) is 18.4. The van der Waals surface area contributed by atoms with Crippen LogP contribution in [0, 0.1) is 5.92 Å². The van der Waals surface area contributed by atoms with Gasteiger partial charge in [-0.1, -0.05) is 67.2 Å². The van der Waals surface area contributed by atoms with E-state index in [0.29, 0.717) is 11.3 Å². The molecule has 0 aliphatic carbocycles. The Balaban J connectivity index is 1.73. The van der Waals surface area contributed by atoms with E-state index in [9.17, 15) is 9.59 Å². The molecule has 3 aromatic rings. The first-order valence-corrected chi connectivity index (χ1v) is 9.61. The van der Waals surface area contributed by atoms with E-state index in [1.807, 2.05) is 66.7 Å². The van der Waals surface area contributed by atoms with Crippen molar-refractivity contribution in [2.24, 2.45) is 5.92 Å². The topological polar surface area (TPSA) is 76.7 Å². The van der Waals surface area contributed by atoms with Crippen molar-refractivity contribution < 1.29 is 19.1 Å². The third kappa shape index (κ3) is 3.72. The number of rotatable bonds is 5. The van der Waals surface area contributed by atoms with Crippen molar-refractivity contribution in [2.45, 2.75) is 12.6 Å². The van der Waals surface area contributed by atoms with Crippen molar-refractivity contribution >= 4 is 22.8 Å². The van der Waals surface area contributed by atoms with E-state index in [1.54, 1.807) is 7.11 Å². The number of benzene rings is 3. The Morgan fingerprint density at radius 2 is 1.77 bits per heavy atom. The minimum Gasteiger partial charge on any atom is -0.496 e. The number of methoxy groups -OCH3 is 1. The van der Waals surface area contributed by atoms with Gasteiger partial charge in [-0.05, 0) is 22.4 Å². The first kappa shape index (κ1) is 19.5. The monoisotopic (exact) mass is 402 g/mol. The number of amides is 2. The third-order valence-corrected chi connectivity index (χ3v) is 5.21. The van der Waals surface area contributed by atoms with Crippen molar-refractivity contribution in [1.82, 2.24) is 10.6 Å². The number of fused-ring (bicyclic) bond motifs is 1. The first-order valence-electron chi connectivity index (χ1n) is 9.61. The van der Waals surface area contributed by atoms with Crippen molar-refractivity contribution in [1.29, 1.82) is 0 Å². The van der Waals surface area contributed by atoms with E-state index in [2.05, 4.69) is 17.2 Å². The molecule has 2 atom stereocenters. The maximum Gasteiger partial charge on any atom is 0.319 e. The van der Waals surface area contributed by atoms with Gasteiger partial charge in [0, 0.05) is 11.3 Å². The second kappa shape index (κ2) is 8.29. The minimum atomic E-state index is -0.814. The van der Waals surface area contributed by atoms with E-state index in [-0.39, 0.29) is 12.3 Å². The zero-order valence-electron chi connectivity index (χ0n) is 16.6.